The molecule has 0 aliphatic rings. The Hall–Kier alpha value is -4.65. The summed E-state index contributed by atoms with van der Waals surface area (Å²) in [6.45, 7) is 2.04. The van der Waals surface area contributed by atoms with Crippen molar-refractivity contribution in [3.8, 4) is 5.69 Å². The number of anilines is 1. The molecule has 7 nitrogen and oxygen atoms in total. The number of fused-ring (bicyclic) bond motifs is 1. The fourth-order valence-corrected chi connectivity index (χ4v) is 4.22. The van der Waals surface area contributed by atoms with Crippen molar-refractivity contribution in [3.05, 3.63) is 113 Å². The Labute approximate surface area is 202 Å². The number of aromatic nitrogens is 3. The van der Waals surface area contributed by atoms with Crippen LogP contribution >= 0.6 is 0 Å². The molecule has 0 radical (unpaired) electrons. The summed E-state index contributed by atoms with van der Waals surface area (Å²) >= 11 is 0. The minimum Gasteiger partial charge on any atom is -0.337 e. The third-order valence-corrected chi connectivity index (χ3v) is 6.05. The van der Waals surface area contributed by atoms with Crippen molar-refractivity contribution >= 4 is 34.4 Å². The summed E-state index contributed by atoms with van der Waals surface area (Å²) in [5.74, 6) is -0.120. The Kier molecular flexibility index (Phi) is 5.89. The maximum absolute atomic E-state index is 13.2. The Morgan fingerprint density at radius 3 is 2.34 bits per heavy atom. The lowest BCUT2D eigenvalue weighted by Crippen LogP contribution is -2.19. The van der Waals surface area contributed by atoms with Gasteiger partial charge in [0.25, 0.3) is 5.56 Å². The van der Waals surface area contributed by atoms with Crippen molar-refractivity contribution in [2.24, 2.45) is 12.0 Å². The summed E-state index contributed by atoms with van der Waals surface area (Å²) in [5, 5.41) is 3.88. The van der Waals surface area contributed by atoms with Gasteiger partial charge in [-0.15, -0.1) is 0 Å². The van der Waals surface area contributed by atoms with E-state index in [9.17, 15) is 9.59 Å². The molecule has 35 heavy (non-hydrogen) atoms. The van der Waals surface area contributed by atoms with Crippen LogP contribution in [0.15, 0.2) is 101 Å². The van der Waals surface area contributed by atoms with Crippen LogP contribution in [0.2, 0.25) is 0 Å². The van der Waals surface area contributed by atoms with Gasteiger partial charge < -0.3 is 9.88 Å². The van der Waals surface area contributed by atoms with Crippen molar-refractivity contribution in [1.82, 2.24) is 13.9 Å². The van der Waals surface area contributed by atoms with Crippen molar-refractivity contribution in [1.29, 1.82) is 0 Å². The number of nitrogens with one attached hydrogen (secondary N) is 1. The highest BCUT2D eigenvalue weighted by Gasteiger charge is 2.16. The molecule has 7 heteroatoms. The average molecular weight is 464 g/mol. The SMILES string of the molecule is Cc1c(N=Cc2cn(CC(=O)Nc3ccccc3)c3ccccc23)c(=O)n(-c2ccccc2)n1C. The highest BCUT2D eigenvalue weighted by atomic mass is 16.2. The number of carbonyl (C=O) groups excluding carboxylic acids is 1. The van der Waals surface area contributed by atoms with Crippen LogP contribution in [0.4, 0.5) is 11.4 Å². The Balaban J connectivity index is 1.47. The number of nitrogens with zero attached hydrogens (tertiary/aromatic N) is 4. The van der Waals surface area contributed by atoms with Gasteiger partial charge >= 0.3 is 0 Å². The summed E-state index contributed by atoms with van der Waals surface area (Å²) in [4.78, 5) is 30.5. The highest BCUT2D eigenvalue weighted by Crippen LogP contribution is 2.22. The van der Waals surface area contributed by atoms with Crippen molar-refractivity contribution in [2.75, 3.05) is 5.32 Å². The van der Waals surface area contributed by atoms with Crippen molar-refractivity contribution < 1.29 is 4.79 Å². The van der Waals surface area contributed by atoms with Crippen molar-refractivity contribution in [3.63, 3.8) is 0 Å². The molecule has 0 saturated carbocycles. The number of amides is 1. The second-order valence-electron chi connectivity index (χ2n) is 8.31. The molecule has 2 aromatic heterocycles. The van der Waals surface area contributed by atoms with E-state index in [-0.39, 0.29) is 18.0 Å². The molecule has 0 saturated heterocycles. The Morgan fingerprint density at radius 1 is 0.943 bits per heavy atom. The van der Waals surface area contributed by atoms with E-state index in [1.165, 1.54) is 0 Å². The molecular weight excluding hydrogens is 438 g/mol. The molecule has 3 aromatic carbocycles. The van der Waals surface area contributed by atoms with E-state index >= 15 is 0 Å². The zero-order valence-electron chi connectivity index (χ0n) is 19.6. The molecule has 174 valence electrons. The summed E-state index contributed by atoms with van der Waals surface area (Å²) < 4.78 is 5.32. The molecule has 0 atom stereocenters. The average Bonchev–Trinajstić information content (AvgIpc) is 3.32. The summed E-state index contributed by atoms with van der Waals surface area (Å²) in [7, 11) is 1.85. The van der Waals surface area contributed by atoms with Crippen LogP contribution in [0.3, 0.4) is 0 Å². The molecule has 5 aromatic rings. The van der Waals surface area contributed by atoms with Crippen molar-refractivity contribution in [2.45, 2.75) is 13.5 Å². The number of hydrogen-bond acceptors (Lipinski definition) is 3. The summed E-state index contributed by atoms with van der Waals surface area (Å²) in [5.41, 5.74) is 4.26. The van der Waals surface area contributed by atoms with Gasteiger partial charge in [-0.25, -0.2) is 9.67 Å². The second-order valence-corrected chi connectivity index (χ2v) is 8.31. The topological polar surface area (TPSA) is 73.3 Å². The first-order valence-corrected chi connectivity index (χ1v) is 11.3. The number of benzene rings is 3. The van der Waals surface area contributed by atoms with Crippen LogP contribution in [0.5, 0.6) is 0 Å². The van der Waals surface area contributed by atoms with Gasteiger partial charge in [-0.1, -0.05) is 54.6 Å². The molecular formula is C28H25N5O2. The third-order valence-electron chi connectivity index (χ3n) is 6.05. The molecule has 5 rings (SSSR count). The number of aliphatic imine (C=N–C) groups is 1. The fraction of sp³-hybridized carbons (Fsp3) is 0.107. The minimum atomic E-state index is -0.182. The van der Waals surface area contributed by atoms with Gasteiger partial charge in [0.2, 0.25) is 5.91 Å². The standard InChI is InChI=1S/C28H25N5O2/c1-20-27(28(35)33(31(20)2)23-13-7-4-8-14-23)29-17-21-18-32(25-16-10-9-15-24(21)25)19-26(34)30-22-11-5-3-6-12-22/h3-18H,19H2,1-2H3,(H,30,34). The zero-order chi connectivity index (χ0) is 24.4. The zero-order valence-corrected chi connectivity index (χ0v) is 19.6. The molecule has 0 aliphatic carbocycles. The normalized spacial score (nSPS) is 11.4. The highest BCUT2D eigenvalue weighted by molar-refractivity contribution is 6.01. The lowest BCUT2D eigenvalue weighted by molar-refractivity contribution is -0.116. The smallest absolute Gasteiger partial charge is 0.297 e. The van der Waals surface area contributed by atoms with Crippen LogP contribution in [0.25, 0.3) is 16.6 Å². The predicted octanol–water partition coefficient (Wildman–Crippen LogP) is 4.83. The van der Waals surface area contributed by atoms with E-state index in [1.807, 2.05) is 114 Å². The largest absolute Gasteiger partial charge is 0.337 e. The van der Waals surface area contributed by atoms with E-state index in [0.717, 1.165) is 33.5 Å². The van der Waals surface area contributed by atoms with E-state index in [2.05, 4.69) is 10.3 Å². The Morgan fingerprint density at radius 2 is 1.60 bits per heavy atom. The first kappa shape index (κ1) is 22.2. The number of para-hydroxylation sites is 3. The molecule has 0 unspecified atom stereocenters. The number of carbonyl (C=O) groups is 1. The van der Waals surface area contributed by atoms with Gasteiger partial charge in [0, 0.05) is 41.6 Å². The van der Waals surface area contributed by atoms with Crippen LogP contribution in [0.1, 0.15) is 11.3 Å². The van der Waals surface area contributed by atoms with Gasteiger partial charge in [0.05, 0.1) is 11.4 Å². The molecule has 1 N–H and O–H groups in total. The molecule has 0 fully saturated rings. The monoisotopic (exact) mass is 463 g/mol. The first-order chi connectivity index (χ1) is 17.0. The van der Waals surface area contributed by atoms with Gasteiger partial charge in [0.1, 0.15) is 6.54 Å². The van der Waals surface area contributed by atoms with E-state index in [1.54, 1.807) is 10.9 Å². The Bertz CT molecular complexity index is 1590. The number of rotatable bonds is 6. The fourth-order valence-electron chi connectivity index (χ4n) is 4.22. The van der Waals surface area contributed by atoms with Crippen LogP contribution in [0, 0.1) is 6.92 Å². The van der Waals surface area contributed by atoms with E-state index in [0.29, 0.717) is 5.69 Å². The minimum absolute atomic E-state index is 0.120. The summed E-state index contributed by atoms with van der Waals surface area (Å²) in [6, 6.07) is 26.7. The molecule has 1 amide bonds. The van der Waals surface area contributed by atoms with E-state index < -0.39 is 0 Å². The number of hydrogen-bond donors (Lipinski definition) is 1. The molecule has 0 spiro atoms. The third kappa shape index (κ3) is 4.31. The van der Waals surface area contributed by atoms with Gasteiger partial charge in [-0.3, -0.25) is 14.3 Å². The predicted molar refractivity (Wildman–Crippen MR) is 140 cm³/mol. The van der Waals surface area contributed by atoms with Gasteiger partial charge in [-0.05, 0) is 37.3 Å². The maximum atomic E-state index is 13.2. The quantitative estimate of drug-likeness (QED) is 0.367. The lowest BCUT2D eigenvalue weighted by Gasteiger charge is -2.07. The molecule has 2 heterocycles. The maximum Gasteiger partial charge on any atom is 0.297 e. The second kappa shape index (κ2) is 9.30. The summed E-state index contributed by atoms with van der Waals surface area (Å²) in [6.07, 6.45) is 3.60. The van der Waals surface area contributed by atoms with Gasteiger partial charge in [0.15, 0.2) is 5.69 Å². The molecule has 0 bridgehead atoms. The van der Waals surface area contributed by atoms with Crippen LogP contribution in [-0.2, 0) is 18.4 Å². The lowest BCUT2D eigenvalue weighted by atomic mass is 10.2. The van der Waals surface area contributed by atoms with Crippen LogP contribution in [-0.4, -0.2) is 26.1 Å². The first-order valence-electron chi connectivity index (χ1n) is 11.3. The van der Waals surface area contributed by atoms with Gasteiger partial charge in [-0.2, -0.15) is 0 Å². The van der Waals surface area contributed by atoms with Crippen LogP contribution < -0.4 is 10.9 Å². The molecule has 0 aliphatic heterocycles. The van der Waals surface area contributed by atoms with E-state index in [4.69, 9.17) is 0 Å².